The van der Waals surface area contributed by atoms with Crippen LogP contribution in [0, 0.1) is 0 Å². The van der Waals surface area contributed by atoms with Crippen LogP contribution in [-0.2, 0) is 4.74 Å². The highest BCUT2D eigenvalue weighted by molar-refractivity contribution is 4.92. The molecule has 2 saturated carbocycles. The SMILES string of the molecule is COCCN(CCCC(C)(CO)NC1CC1)C1CC1. The van der Waals surface area contributed by atoms with Gasteiger partial charge in [0.15, 0.2) is 0 Å². The van der Waals surface area contributed by atoms with E-state index in [1.807, 2.05) is 0 Å². The van der Waals surface area contributed by atoms with Gasteiger partial charge in [0, 0.05) is 31.3 Å². The van der Waals surface area contributed by atoms with E-state index in [-0.39, 0.29) is 12.1 Å². The first kappa shape index (κ1) is 15.2. The van der Waals surface area contributed by atoms with E-state index in [0.717, 1.165) is 38.6 Å². The average molecular weight is 270 g/mol. The number of hydrogen-bond donors (Lipinski definition) is 2. The van der Waals surface area contributed by atoms with Crippen LogP contribution in [0.5, 0.6) is 0 Å². The number of hydrogen-bond acceptors (Lipinski definition) is 4. The fourth-order valence-electron chi connectivity index (χ4n) is 2.71. The zero-order valence-electron chi connectivity index (χ0n) is 12.5. The van der Waals surface area contributed by atoms with E-state index < -0.39 is 0 Å². The molecule has 0 bridgehead atoms. The van der Waals surface area contributed by atoms with Gasteiger partial charge < -0.3 is 15.2 Å². The van der Waals surface area contributed by atoms with E-state index in [2.05, 4.69) is 17.1 Å². The predicted octanol–water partition coefficient (Wildman–Crippen LogP) is 1.38. The van der Waals surface area contributed by atoms with Crippen molar-refractivity contribution in [1.29, 1.82) is 0 Å². The molecule has 1 atom stereocenters. The lowest BCUT2D eigenvalue weighted by atomic mass is 9.96. The summed E-state index contributed by atoms with van der Waals surface area (Å²) in [7, 11) is 1.77. The largest absolute Gasteiger partial charge is 0.394 e. The van der Waals surface area contributed by atoms with Crippen LogP contribution in [0.15, 0.2) is 0 Å². The first-order chi connectivity index (χ1) is 9.17. The Balaban J connectivity index is 1.67. The van der Waals surface area contributed by atoms with Crippen molar-refractivity contribution >= 4 is 0 Å². The molecule has 2 aliphatic carbocycles. The summed E-state index contributed by atoms with van der Waals surface area (Å²) >= 11 is 0. The number of rotatable bonds is 11. The molecule has 1 unspecified atom stereocenters. The van der Waals surface area contributed by atoms with Crippen molar-refractivity contribution in [2.45, 2.75) is 63.1 Å². The van der Waals surface area contributed by atoms with Crippen molar-refractivity contribution in [2.24, 2.45) is 0 Å². The maximum absolute atomic E-state index is 9.59. The number of ether oxygens (including phenoxy) is 1. The molecule has 0 aromatic carbocycles. The van der Waals surface area contributed by atoms with Gasteiger partial charge in [0.2, 0.25) is 0 Å². The van der Waals surface area contributed by atoms with E-state index in [9.17, 15) is 5.11 Å². The van der Waals surface area contributed by atoms with E-state index in [0.29, 0.717) is 6.04 Å². The van der Waals surface area contributed by atoms with Crippen molar-refractivity contribution in [3.05, 3.63) is 0 Å². The summed E-state index contributed by atoms with van der Waals surface area (Å²) in [6.07, 6.45) is 7.45. The summed E-state index contributed by atoms with van der Waals surface area (Å²) in [5.41, 5.74) is -0.0857. The number of nitrogens with zero attached hydrogens (tertiary/aromatic N) is 1. The second-order valence-electron chi connectivity index (χ2n) is 6.50. The highest BCUT2D eigenvalue weighted by atomic mass is 16.5. The minimum absolute atomic E-state index is 0.0857. The Morgan fingerprint density at radius 1 is 1.26 bits per heavy atom. The Hall–Kier alpha value is -0.160. The van der Waals surface area contributed by atoms with Crippen molar-refractivity contribution in [1.82, 2.24) is 10.2 Å². The molecular weight excluding hydrogens is 240 g/mol. The molecule has 2 N–H and O–H groups in total. The first-order valence-corrected chi connectivity index (χ1v) is 7.78. The molecule has 112 valence electrons. The second-order valence-corrected chi connectivity index (χ2v) is 6.50. The molecule has 0 heterocycles. The molecule has 0 amide bonds. The van der Waals surface area contributed by atoms with Crippen molar-refractivity contribution in [3.63, 3.8) is 0 Å². The summed E-state index contributed by atoms with van der Waals surface area (Å²) in [4.78, 5) is 2.55. The number of aliphatic hydroxyl groups excluding tert-OH is 1. The molecule has 2 aliphatic rings. The topological polar surface area (TPSA) is 44.7 Å². The van der Waals surface area contributed by atoms with Gasteiger partial charge >= 0.3 is 0 Å². The zero-order valence-corrected chi connectivity index (χ0v) is 12.5. The van der Waals surface area contributed by atoms with Gasteiger partial charge in [-0.3, -0.25) is 4.90 Å². The van der Waals surface area contributed by atoms with Crippen LogP contribution < -0.4 is 5.32 Å². The third kappa shape index (κ3) is 5.38. The van der Waals surface area contributed by atoms with E-state index >= 15 is 0 Å². The summed E-state index contributed by atoms with van der Waals surface area (Å²) < 4.78 is 5.19. The highest BCUT2D eigenvalue weighted by Gasteiger charge is 2.32. The minimum Gasteiger partial charge on any atom is -0.394 e. The smallest absolute Gasteiger partial charge is 0.0610 e. The molecule has 0 aromatic rings. The predicted molar refractivity (Wildman–Crippen MR) is 77.4 cm³/mol. The van der Waals surface area contributed by atoms with Gasteiger partial charge in [0.05, 0.1) is 13.2 Å². The van der Waals surface area contributed by atoms with Gasteiger partial charge in [0.25, 0.3) is 0 Å². The molecular formula is C15H30N2O2. The lowest BCUT2D eigenvalue weighted by Gasteiger charge is -2.30. The van der Waals surface area contributed by atoms with Crippen molar-refractivity contribution < 1.29 is 9.84 Å². The Bertz CT molecular complexity index is 267. The van der Waals surface area contributed by atoms with Gasteiger partial charge in [-0.25, -0.2) is 0 Å². The van der Waals surface area contributed by atoms with Crippen LogP contribution in [0.25, 0.3) is 0 Å². The Labute approximate surface area is 117 Å². The number of aliphatic hydroxyl groups is 1. The minimum atomic E-state index is -0.0857. The molecule has 0 saturated heterocycles. The quantitative estimate of drug-likeness (QED) is 0.595. The molecule has 19 heavy (non-hydrogen) atoms. The van der Waals surface area contributed by atoms with Gasteiger partial charge in [0.1, 0.15) is 0 Å². The molecule has 2 fully saturated rings. The molecule has 4 nitrogen and oxygen atoms in total. The van der Waals surface area contributed by atoms with Crippen molar-refractivity contribution in [3.8, 4) is 0 Å². The lowest BCUT2D eigenvalue weighted by Crippen LogP contribution is -2.47. The molecule has 2 rings (SSSR count). The van der Waals surface area contributed by atoms with Gasteiger partial charge in [-0.05, 0) is 52.0 Å². The van der Waals surface area contributed by atoms with Crippen LogP contribution in [0.4, 0.5) is 0 Å². The van der Waals surface area contributed by atoms with E-state index in [4.69, 9.17) is 4.74 Å². The maximum Gasteiger partial charge on any atom is 0.0610 e. The van der Waals surface area contributed by atoms with Crippen LogP contribution >= 0.6 is 0 Å². The number of methoxy groups -OCH3 is 1. The Kier molecular flexibility index (Phi) is 5.63. The van der Waals surface area contributed by atoms with E-state index in [1.54, 1.807) is 7.11 Å². The Morgan fingerprint density at radius 3 is 2.53 bits per heavy atom. The lowest BCUT2D eigenvalue weighted by molar-refractivity contribution is 0.130. The van der Waals surface area contributed by atoms with Crippen molar-refractivity contribution in [2.75, 3.05) is 33.4 Å². The Morgan fingerprint density at radius 2 is 2.00 bits per heavy atom. The summed E-state index contributed by atoms with van der Waals surface area (Å²) in [5, 5.41) is 13.2. The standard InChI is InChI=1S/C15H30N2O2/c1-15(12-18,16-13-4-5-13)8-3-9-17(10-11-19-2)14-6-7-14/h13-14,16,18H,3-12H2,1-2H3. The molecule has 0 radical (unpaired) electrons. The fourth-order valence-corrected chi connectivity index (χ4v) is 2.71. The average Bonchev–Trinajstić information content (AvgIpc) is 3.25. The van der Waals surface area contributed by atoms with Gasteiger partial charge in [-0.15, -0.1) is 0 Å². The van der Waals surface area contributed by atoms with E-state index in [1.165, 1.54) is 25.7 Å². The van der Waals surface area contributed by atoms with Crippen LogP contribution in [0.1, 0.15) is 45.4 Å². The van der Waals surface area contributed by atoms with Crippen LogP contribution in [0.2, 0.25) is 0 Å². The van der Waals surface area contributed by atoms with Crippen LogP contribution in [0.3, 0.4) is 0 Å². The van der Waals surface area contributed by atoms with Crippen LogP contribution in [-0.4, -0.2) is 61.0 Å². The highest BCUT2D eigenvalue weighted by Crippen LogP contribution is 2.28. The molecule has 4 heteroatoms. The summed E-state index contributed by atoms with van der Waals surface area (Å²) in [6.45, 7) is 5.41. The normalized spacial score (nSPS) is 22.7. The fraction of sp³-hybridized carbons (Fsp3) is 1.00. The first-order valence-electron chi connectivity index (χ1n) is 7.78. The molecule has 0 aliphatic heterocycles. The zero-order chi connectivity index (χ0) is 13.7. The summed E-state index contributed by atoms with van der Waals surface area (Å²) in [6, 6.07) is 1.46. The monoisotopic (exact) mass is 270 g/mol. The molecule has 0 aromatic heterocycles. The van der Waals surface area contributed by atoms with Gasteiger partial charge in [-0.2, -0.15) is 0 Å². The summed E-state index contributed by atoms with van der Waals surface area (Å²) in [5.74, 6) is 0. The molecule has 0 spiro atoms. The second kappa shape index (κ2) is 7.02. The third-order valence-electron chi connectivity index (χ3n) is 4.30. The number of nitrogens with one attached hydrogen (secondary N) is 1. The van der Waals surface area contributed by atoms with Gasteiger partial charge in [-0.1, -0.05) is 0 Å². The maximum atomic E-state index is 9.59. The third-order valence-corrected chi connectivity index (χ3v) is 4.30.